The molecule has 1 aliphatic heterocycles. The molecule has 0 aliphatic carbocycles. The van der Waals surface area contributed by atoms with Gasteiger partial charge < -0.3 is 9.80 Å². The Hall–Kier alpha value is -2.48. The summed E-state index contributed by atoms with van der Waals surface area (Å²) in [5, 5.41) is 12.4. The molecule has 4 rings (SSSR count). The number of hydrogen-bond acceptors (Lipinski definition) is 6. The fourth-order valence-corrected chi connectivity index (χ4v) is 3.38. The molecule has 0 radical (unpaired) electrons. The van der Waals surface area contributed by atoms with Crippen LogP contribution < -0.4 is 4.90 Å². The minimum absolute atomic E-state index is 0.0248. The Morgan fingerprint density at radius 1 is 1.09 bits per heavy atom. The fraction of sp³-hybridized carbons (Fsp3) is 0.286. The van der Waals surface area contributed by atoms with Gasteiger partial charge in [0.25, 0.3) is 5.91 Å². The van der Waals surface area contributed by atoms with Crippen LogP contribution in [0.5, 0.6) is 0 Å². The molecule has 0 N–H and O–H groups in total. The average Bonchev–Trinajstić information content (AvgIpc) is 3.17. The number of amides is 1. The topological polar surface area (TPSA) is 66.6 Å². The summed E-state index contributed by atoms with van der Waals surface area (Å²) < 4.78 is 1.54. The summed E-state index contributed by atoms with van der Waals surface area (Å²) in [6.07, 6.45) is 1.51. The lowest BCUT2D eigenvalue weighted by atomic mass is 10.2. The first kappa shape index (κ1) is 13.2. The van der Waals surface area contributed by atoms with Gasteiger partial charge in [-0.15, -0.1) is 15.3 Å². The van der Waals surface area contributed by atoms with Gasteiger partial charge in [-0.1, -0.05) is 29.5 Å². The van der Waals surface area contributed by atoms with Gasteiger partial charge in [-0.2, -0.15) is 4.52 Å². The van der Waals surface area contributed by atoms with Gasteiger partial charge in [0, 0.05) is 31.9 Å². The van der Waals surface area contributed by atoms with Crippen molar-refractivity contribution in [3.05, 3.63) is 41.7 Å². The van der Waals surface area contributed by atoms with Gasteiger partial charge in [0.2, 0.25) is 9.97 Å². The molecule has 1 amide bonds. The van der Waals surface area contributed by atoms with Crippen molar-refractivity contribution in [2.45, 2.75) is 0 Å². The minimum Gasteiger partial charge on any atom is -0.368 e. The summed E-state index contributed by atoms with van der Waals surface area (Å²) in [6, 6.07) is 10.3. The maximum absolute atomic E-state index is 12.5. The van der Waals surface area contributed by atoms with Gasteiger partial charge in [-0.3, -0.25) is 4.79 Å². The van der Waals surface area contributed by atoms with Crippen molar-refractivity contribution in [3.63, 3.8) is 0 Å². The number of anilines is 1. The van der Waals surface area contributed by atoms with Gasteiger partial charge in [-0.25, -0.2) is 0 Å². The first-order chi connectivity index (χ1) is 10.8. The number of carbonyl (C=O) groups excluding carboxylic acids is 1. The van der Waals surface area contributed by atoms with Crippen LogP contribution in [0.1, 0.15) is 9.80 Å². The van der Waals surface area contributed by atoms with Crippen LogP contribution in [-0.4, -0.2) is 56.8 Å². The highest BCUT2D eigenvalue weighted by Gasteiger charge is 2.25. The van der Waals surface area contributed by atoms with Gasteiger partial charge in [0.1, 0.15) is 6.33 Å². The van der Waals surface area contributed by atoms with E-state index >= 15 is 0 Å². The van der Waals surface area contributed by atoms with Crippen molar-refractivity contribution in [1.82, 2.24) is 24.7 Å². The van der Waals surface area contributed by atoms with Crippen LogP contribution in [0.15, 0.2) is 36.7 Å². The Morgan fingerprint density at radius 3 is 2.59 bits per heavy atom. The summed E-state index contributed by atoms with van der Waals surface area (Å²) in [4.78, 5) is 17.3. The Labute approximate surface area is 130 Å². The third kappa shape index (κ3) is 2.31. The summed E-state index contributed by atoms with van der Waals surface area (Å²) in [6.45, 7) is 3.07. The smallest absolute Gasteiger partial charge is 0.284 e. The van der Waals surface area contributed by atoms with Crippen molar-refractivity contribution in [1.29, 1.82) is 0 Å². The normalized spacial score (nSPS) is 15.5. The van der Waals surface area contributed by atoms with E-state index in [4.69, 9.17) is 0 Å². The highest BCUT2D eigenvalue weighted by Crippen LogP contribution is 2.18. The molecule has 1 aromatic carbocycles. The Morgan fingerprint density at radius 2 is 1.86 bits per heavy atom. The number of para-hydroxylation sites is 1. The Bertz CT molecular complexity index is 761. The second-order valence-corrected chi connectivity index (χ2v) is 6.04. The van der Waals surface area contributed by atoms with E-state index in [9.17, 15) is 4.79 Å². The number of benzene rings is 1. The molecule has 1 aliphatic rings. The van der Waals surface area contributed by atoms with Crippen LogP contribution in [0.4, 0.5) is 5.69 Å². The lowest BCUT2D eigenvalue weighted by Crippen LogP contribution is -2.48. The second kappa shape index (κ2) is 5.38. The predicted molar refractivity (Wildman–Crippen MR) is 83.2 cm³/mol. The molecular formula is C14H14N6OS. The zero-order valence-electron chi connectivity index (χ0n) is 11.8. The molecule has 112 valence electrons. The molecule has 0 saturated carbocycles. The van der Waals surface area contributed by atoms with Gasteiger partial charge in [0.05, 0.1) is 0 Å². The van der Waals surface area contributed by atoms with E-state index in [2.05, 4.69) is 32.3 Å². The van der Waals surface area contributed by atoms with E-state index in [0.29, 0.717) is 23.1 Å². The quantitative estimate of drug-likeness (QED) is 0.710. The molecule has 0 atom stereocenters. The van der Waals surface area contributed by atoms with Gasteiger partial charge in [-0.05, 0) is 12.1 Å². The van der Waals surface area contributed by atoms with Crippen LogP contribution in [0.2, 0.25) is 0 Å². The standard InChI is InChI=1S/C14H14N6OS/c21-13(12-17-20-10-15-16-14(20)22-12)19-8-6-18(7-9-19)11-4-2-1-3-5-11/h1-5,10H,6-9H2. The molecule has 3 aromatic rings. The molecule has 7 nitrogen and oxygen atoms in total. The highest BCUT2D eigenvalue weighted by molar-refractivity contribution is 7.18. The summed E-state index contributed by atoms with van der Waals surface area (Å²) in [7, 11) is 0. The number of carbonyl (C=O) groups is 1. The molecular weight excluding hydrogens is 300 g/mol. The minimum atomic E-state index is -0.0248. The van der Waals surface area contributed by atoms with Crippen molar-refractivity contribution in [2.75, 3.05) is 31.1 Å². The SMILES string of the molecule is O=C(c1nn2cnnc2s1)N1CCN(c2ccccc2)CC1. The monoisotopic (exact) mass is 314 g/mol. The molecule has 1 saturated heterocycles. The van der Waals surface area contributed by atoms with Gasteiger partial charge in [0.15, 0.2) is 0 Å². The average molecular weight is 314 g/mol. The van der Waals surface area contributed by atoms with E-state index in [1.807, 2.05) is 23.1 Å². The van der Waals surface area contributed by atoms with Crippen molar-refractivity contribution in [2.24, 2.45) is 0 Å². The Balaban J connectivity index is 1.45. The first-order valence-corrected chi connectivity index (χ1v) is 7.89. The third-order valence-electron chi connectivity index (χ3n) is 3.76. The lowest BCUT2D eigenvalue weighted by Gasteiger charge is -2.35. The largest absolute Gasteiger partial charge is 0.368 e. The van der Waals surface area contributed by atoms with Crippen molar-refractivity contribution < 1.29 is 4.79 Å². The van der Waals surface area contributed by atoms with E-state index in [1.54, 1.807) is 0 Å². The van der Waals surface area contributed by atoms with Crippen LogP contribution in [0.25, 0.3) is 4.96 Å². The Kier molecular flexibility index (Phi) is 3.23. The number of nitrogens with zero attached hydrogens (tertiary/aromatic N) is 6. The maximum Gasteiger partial charge on any atom is 0.284 e. The molecule has 22 heavy (non-hydrogen) atoms. The summed E-state index contributed by atoms with van der Waals surface area (Å²) in [5.74, 6) is -0.0248. The van der Waals surface area contributed by atoms with Crippen LogP contribution in [0.3, 0.4) is 0 Å². The highest BCUT2D eigenvalue weighted by atomic mass is 32.1. The maximum atomic E-state index is 12.5. The molecule has 0 unspecified atom stereocenters. The van der Waals surface area contributed by atoms with Gasteiger partial charge >= 0.3 is 0 Å². The van der Waals surface area contributed by atoms with E-state index in [-0.39, 0.29) is 5.91 Å². The molecule has 1 fully saturated rings. The number of piperazine rings is 1. The van der Waals surface area contributed by atoms with E-state index in [0.717, 1.165) is 13.1 Å². The van der Waals surface area contributed by atoms with E-state index in [1.165, 1.54) is 27.9 Å². The summed E-state index contributed by atoms with van der Waals surface area (Å²) in [5.41, 5.74) is 1.20. The van der Waals surface area contributed by atoms with Crippen LogP contribution >= 0.6 is 11.3 Å². The molecule has 3 heterocycles. The number of hydrogen-bond donors (Lipinski definition) is 0. The summed E-state index contributed by atoms with van der Waals surface area (Å²) >= 11 is 1.28. The zero-order chi connectivity index (χ0) is 14.9. The predicted octanol–water partition coefficient (Wildman–Crippen LogP) is 1.15. The fourth-order valence-electron chi connectivity index (χ4n) is 2.59. The van der Waals surface area contributed by atoms with Crippen molar-refractivity contribution >= 4 is 27.9 Å². The van der Waals surface area contributed by atoms with Crippen LogP contribution in [-0.2, 0) is 0 Å². The second-order valence-electron chi connectivity index (χ2n) is 5.08. The van der Waals surface area contributed by atoms with E-state index < -0.39 is 0 Å². The molecule has 0 bridgehead atoms. The number of aromatic nitrogens is 4. The van der Waals surface area contributed by atoms with Crippen molar-refractivity contribution in [3.8, 4) is 0 Å². The molecule has 2 aromatic heterocycles. The zero-order valence-corrected chi connectivity index (χ0v) is 12.6. The van der Waals surface area contributed by atoms with Crippen LogP contribution in [0, 0.1) is 0 Å². The lowest BCUT2D eigenvalue weighted by molar-refractivity contribution is 0.0745. The number of rotatable bonds is 2. The number of fused-ring (bicyclic) bond motifs is 1. The molecule has 0 spiro atoms. The molecule has 8 heteroatoms. The first-order valence-electron chi connectivity index (χ1n) is 7.07. The third-order valence-corrected chi connectivity index (χ3v) is 4.66.